The zero-order chi connectivity index (χ0) is 40.7. The van der Waals surface area contributed by atoms with Crippen LogP contribution in [0.15, 0.2) is 0 Å². The Labute approximate surface area is 353 Å². The van der Waals surface area contributed by atoms with Crippen molar-refractivity contribution in [2.45, 2.75) is 321 Å². The summed E-state index contributed by atoms with van der Waals surface area (Å²) in [6.45, 7) is 4.40. The van der Waals surface area contributed by atoms with Crippen molar-refractivity contribution in [3.8, 4) is 0 Å². The maximum atomic E-state index is 12.5. The second-order valence-corrected chi connectivity index (χ2v) is 18.3. The van der Waals surface area contributed by atoms with Crippen LogP contribution in [-0.4, -0.2) is 34.9 Å². The Kier molecular flexibility index (Phi) is 48.2. The van der Waals surface area contributed by atoms with Gasteiger partial charge in [-0.2, -0.15) is 0 Å². The van der Waals surface area contributed by atoms with Gasteiger partial charge in [-0.15, -0.1) is 0 Å². The minimum Gasteiger partial charge on any atom is -0.394 e. The summed E-state index contributed by atoms with van der Waals surface area (Å²) in [5, 5.41) is 23.3. The molecule has 0 heterocycles. The van der Waals surface area contributed by atoms with Gasteiger partial charge in [0.15, 0.2) is 0 Å². The van der Waals surface area contributed by atoms with Crippen LogP contribution in [0.5, 0.6) is 0 Å². The van der Waals surface area contributed by atoms with E-state index in [1.54, 1.807) is 0 Å². The number of aliphatic hydroxyl groups excluding tert-OH is 2. The predicted octanol–water partition coefficient (Wildman–Crippen LogP) is 16.8. The van der Waals surface area contributed by atoms with Crippen LogP contribution in [0.25, 0.3) is 0 Å². The van der Waals surface area contributed by atoms with Crippen LogP contribution in [0.4, 0.5) is 0 Å². The molecule has 56 heavy (non-hydrogen) atoms. The van der Waals surface area contributed by atoms with Gasteiger partial charge in [0.05, 0.1) is 18.8 Å². The monoisotopic (exact) mass is 792 g/mol. The summed E-state index contributed by atoms with van der Waals surface area (Å²) in [5.41, 5.74) is 0. The highest BCUT2D eigenvalue weighted by Crippen LogP contribution is 2.18. The van der Waals surface area contributed by atoms with Crippen molar-refractivity contribution in [3.05, 3.63) is 0 Å². The molecule has 336 valence electrons. The van der Waals surface area contributed by atoms with E-state index in [4.69, 9.17) is 0 Å². The standard InChI is InChI=1S/C52H105NO3/c1-3-5-7-9-11-13-15-17-19-21-22-23-24-25-26-27-28-29-30-31-32-34-36-38-40-42-44-46-48-52(56)53-50(49-54)51(55)47-45-43-41-39-37-35-33-20-18-16-14-12-10-8-6-4-2/h50-51,54-55H,3-49H2,1-2H3,(H,53,56)/t50-,51+/m0/s1. The minimum atomic E-state index is -0.653. The van der Waals surface area contributed by atoms with E-state index in [0.717, 1.165) is 25.7 Å². The number of unbranched alkanes of at least 4 members (excludes halogenated alkanes) is 42. The van der Waals surface area contributed by atoms with E-state index in [1.165, 1.54) is 257 Å². The Morgan fingerprint density at radius 1 is 0.357 bits per heavy atom. The van der Waals surface area contributed by atoms with Crippen LogP contribution in [0.2, 0.25) is 0 Å². The fraction of sp³-hybridized carbons (Fsp3) is 0.981. The molecule has 0 aromatic rings. The van der Waals surface area contributed by atoms with Crippen molar-refractivity contribution >= 4 is 5.91 Å². The first-order chi connectivity index (χ1) is 27.7. The van der Waals surface area contributed by atoms with E-state index in [1.807, 2.05) is 0 Å². The van der Waals surface area contributed by atoms with E-state index in [2.05, 4.69) is 19.2 Å². The van der Waals surface area contributed by atoms with Gasteiger partial charge < -0.3 is 15.5 Å². The maximum absolute atomic E-state index is 12.5. The third kappa shape index (κ3) is 44.5. The first-order valence-corrected chi connectivity index (χ1v) is 26.2. The molecular weight excluding hydrogens is 687 g/mol. The SMILES string of the molecule is CCCCCCCCCCCCCCCCCCCCCCCCCCCCCCC(=O)N[C@@H](CO)[C@H](O)CCCCCCCCCCCCCCCCCC. The van der Waals surface area contributed by atoms with Crippen LogP contribution in [0, 0.1) is 0 Å². The van der Waals surface area contributed by atoms with Crippen molar-refractivity contribution in [1.29, 1.82) is 0 Å². The highest BCUT2D eigenvalue weighted by atomic mass is 16.3. The molecule has 0 spiro atoms. The van der Waals surface area contributed by atoms with Crippen molar-refractivity contribution in [2.75, 3.05) is 6.61 Å². The van der Waals surface area contributed by atoms with E-state index in [-0.39, 0.29) is 12.5 Å². The van der Waals surface area contributed by atoms with Crippen LogP contribution in [-0.2, 0) is 4.79 Å². The average molecular weight is 792 g/mol. The number of amides is 1. The zero-order valence-electron chi connectivity index (χ0n) is 38.7. The fourth-order valence-corrected chi connectivity index (χ4v) is 8.60. The molecule has 0 unspecified atom stereocenters. The minimum absolute atomic E-state index is 0.0233. The number of hydrogen-bond acceptors (Lipinski definition) is 3. The normalized spacial score (nSPS) is 12.7. The van der Waals surface area contributed by atoms with E-state index in [9.17, 15) is 15.0 Å². The topological polar surface area (TPSA) is 69.6 Å². The lowest BCUT2D eigenvalue weighted by atomic mass is 10.0. The van der Waals surface area contributed by atoms with Gasteiger partial charge in [-0.05, 0) is 12.8 Å². The summed E-state index contributed by atoms with van der Waals surface area (Å²) < 4.78 is 0. The van der Waals surface area contributed by atoms with Crippen LogP contribution in [0.3, 0.4) is 0 Å². The van der Waals surface area contributed by atoms with Gasteiger partial charge in [-0.25, -0.2) is 0 Å². The molecule has 0 radical (unpaired) electrons. The first kappa shape index (κ1) is 55.4. The lowest BCUT2D eigenvalue weighted by Crippen LogP contribution is -2.45. The first-order valence-electron chi connectivity index (χ1n) is 26.2. The Morgan fingerprint density at radius 3 is 0.804 bits per heavy atom. The number of carbonyl (C=O) groups excluding carboxylic acids is 1. The molecule has 1 amide bonds. The molecule has 0 saturated heterocycles. The van der Waals surface area contributed by atoms with Gasteiger partial charge in [-0.3, -0.25) is 4.79 Å². The second-order valence-electron chi connectivity index (χ2n) is 18.3. The largest absolute Gasteiger partial charge is 0.394 e. The molecule has 2 atom stereocenters. The van der Waals surface area contributed by atoms with Crippen molar-refractivity contribution < 1.29 is 15.0 Å². The molecule has 0 saturated carbocycles. The van der Waals surface area contributed by atoms with Gasteiger partial charge in [-0.1, -0.05) is 290 Å². The van der Waals surface area contributed by atoms with Crippen molar-refractivity contribution in [2.24, 2.45) is 0 Å². The predicted molar refractivity (Wildman–Crippen MR) is 249 cm³/mol. The molecular formula is C52H105NO3. The summed E-state index contributed by atoms with van der Waals surface area (Å²) in [4.78, 5) is 12.5. The van der Waals surface area contributed by atoms with Crippen molar-refractivity contribution in [1.82, 2.24) is 5.32 Å². The van der Waals surface area contributed by atoms with E-state index >= 15 is 0 Å². The Hall–Kier alpha value is -0.610. The summed E-state index contributed by atoms with van der Waals surface area (Å²) >= 11 is 0. The smallest absolute Gasteiger partial charge is 0.220 e. The Morgan fingerprint density at radius 2 is 0.571 bits per heavy atom. The molecule has 0 fully saturated rings. The lowest BCUT2D eigenvalue weighted by molar-refractivity contribution is -0.123. The molecule has 0 rings (SSSR count). The zero-order valence-corrected chi connectivity index (χ0v) is 38.7. The molecule has 0 aliphatic heterocycles. The Balaban J connectivity index is 3.39. The summed E-state index contributed by atoms with van der Waals surface area (Å²) in [5.74, 6) is -0.0233. The van der Waals surface area contributed by atoms with Crippen LogP contribution >= 0.6 is 0 Å². The summed E-state index contributed by atoms with van der Waals surface area (Å²) in [6, 6.07) is -0.530. The second kappa shape index (κ2) is 48.8. The maximum Gasteiger partial charge on any atom is 0.220 e. The summed E-state index contributed by atoms with van der Waals surface area (Å²) in [6.07, 6.45) is 60.8. The van der Waals surface area contributed by atoms with Gasteiger partial charge in [0.1, 0.15) is 0 Å². The highest BCUT2D eigenvalue weighted by molar-refractivity contribution is 5.76. The van der Waals surface area contributed by atoms with Crippen LogP contribution < -0.4 is 5.32 Å². The molecule has 3 N–H and O–H groups in total. The average Bonchev–Trinajstić information content (AvgIpc) is 3.20. The number of nitrogens with one attached hydrogen (secondary N) is 1. The van der Waals surface area contributed by atoms with Gasteiger partial charge >= 0.3 is 0 Å². The molecule has 4 nitrogen and oxygen atoms in total. The third-order valence-electron chi connectivity index (χ3n) is 12.6. The van der Waals surface area contributed by atoms with Gasteiger partial charge in [0, 0.05) is 6.42 Å². The molecule has 0 aromatic heterocycles. The summed E-state index contributed by atoms with van der Waals surface area (Å²) in [7, 11) is 0. The third-order valence-corrected chi connectivity index (χ3v) is 12.6. The molecule has 4 heteroatoms. The highest BCUT2D eigenvalue weighted by Gasteiger charge is 2.20. The number of hydrogen-bond donors (Lipinski definition) is 3. The lowest BCUT2D eigenvalue weighted by Gasteiger charge is -2.22. The Bertz CT molecular complexity index is 729. The fourth-order valence-electron chi connectivity index (χ4n) is 8.60. The number of carbonyl (C=O) groups is 1. The molecule has 0 aliphatic carbocycles. The molecule has 0 bridgehead atoms. The van der Waals surface area contributed by atoms with Gasteiger partial charge in [0.25, 0.3) is 0 Å². The number of aliphatic hydroxyl groups is 2. The number of rotatable bonds is 49. The van der Waals surface area contributed by atoms with Crippen LogP contribution in [0.1, 0.15) is 309 Å². The van der Waals surface area contributed by atoms with E-state index in [0.29, 0.717) is 12.8 Å². The quantitative estimate of drug-likeness (QED) is 0.0538. The van der Waals surface area contributed by atoms with E-state index < -0.39 is 12.1 Å². The molecule has 0 aliphatic rings. The van der Waals surface area contributed by atoms with Crippen molar-refractivity contribution in [3.63, 3.8) is 0 Å². The van der Waals surface area contributed by atoms with Gasteiger partial charge in [0.2, 0.25) is 5.91 Å². The molecule has 0 aromatic carbocycles.